The van der Waals surface area contributed by atoms with E-state index in [9.17, 15) is 14.4 Å². The summed E-state index contributed by atoms with van der Waals surface area (Å²) in [5.41, 5.74) is 1.53. The number of carboxylic acids is 1. The Morgan fingerprint density at radius 3 is 2.67 bits per heavy atom. The Labute approximate surface area is 207 Å². The van der Waals surface area contributed by atoms with Crippen LogP contribution in [0.4, 0.5) is 4.79 Å². The standard InChI is InChI=1S/C24H18INO6S/c1-31-19-10-14(9-18(25)22(19)32-13-21(27)28)11-20-23(29)26(24(30)33-20)12-16-7-4-6-15-5-2-3-8-17(15)16/h2-11H,12-13H2,1H3,(H,27,28)/b20-11-. The zero-order valence-electron chi connectivity index (χ0n) is 17.4. The number of fused-ring (bicyclic) bond motifs is 1. The molecule has 3 aromatic rings. The molecule has 0 atom stereocenters. The number of aliphatic carboxylic acids is 1. The van der Waals surface area contributed by atoms with E-state index in [0.29, 0.717) is 25.5 Å². The molecule has 7 nitrogen and oxygen atoms in total. The average molecular weight is 575 g/mol. The molecule has 1 heterocycles. The smallest absolute Gasteiger partial charge is 0.341 e. The monoisotopic (exact) mass is 575 g/mol. The Morgan fingerprint density at radius 1 is 1.15 bits per heavy atom. The molecule has 1 fully saturated rings. The van der Waals surface area contributed by atoms with E-state index in [0.717, 1.165) is 28.1 Å². The minimum atomic E-state index is -1.10. The maximum atomic E-state index is 13.0. The van der Waals surface area contributed by atoms with E-state index in [1.807, 2.05) is 65.1 Å². The third-order valence-corrected chi connectivity index (χ3v) is 6.68. The first-order valence-electron chi connectivity index (χ1n) is 9.81. The van der Waals surface area contributed by atoms with Gasteiger partial charge >= 0.3 is 5.97 Å². The molecule has 0 spiro atoms. The van der Waals surface area contributed by atoms with E-state index < -0.39 is 12.6 Å². The lowest BCUT2D eigenvalue weighted by Gasteiger charge is -2.14. The molecule has 0 bridgehead atoms. The van der Waals surface area contributed by atoms with Crippen LogP contribution in [0.25, 0.3) is 16.8 Å². The van der Waals surface area contributed by atoms with Crippen molar-refractivity contribution in [3.8, 4) is 11.5 Å². The summed E-state index contributed by atoms with van der Waals surface area (Å²) < 4.78 is 11.3. The first kappa shape index (κ1) is 23.1. The maximum Gasteiger partial charge on any atom is 0.341 e. The number of imide groups is 1. The molecule has 1 N–H and O–H groups in total. The van der Waals surface area contributed by atoms with Crippen molar-refractivity contribution in [2.24, 2.45) is 0 Å². The fraction of sp³-hybridized carbons (Fsp3) is 0.125. The zero-order valence-corrected chi connectivity index (χ0v) is 20.4. The molecule has 168 valence electrons. The van der Waals surface area contributed by atoms with Crippen molar-refractivity contribution in [1.29, 1.82) is 0 Å². The van der Waals surface area contributed by atoms with Gasteiger partial charge in [0.25, 0.3) is 11.1 Å². The van der Waals surface area contributed by atoms with Crippen LogP contribution in [-0.4, -0.2) is 40.8 Å². The summed E-state index contributed by atoms with van der Waals surface area (Å²) in [7, 11) is 1.45. The van der Waals surface area contributed by atoms with Crippen LogP contribution >= 0.6 is 34.4 Å². The van der Waals surface area contributed by atoms with Gasteiger partial charge in [0, 0.05) is 0 Å². The number of nitrogens with zero attached hydrogens (tertiary/aromatic N) is 1. The fourth-order valence-corrected chi connectivity index (χ4v) is 5.10. The Morgan fingerprint density at radius 2 is 1.91 bits per heavy atom. The predicted octanol–water partition coefficient (Wildman–Crippen LogP) is 5.15. The number of halogens is 1. The van der Waals surface area contributed by atoms with Crippen molar-refractivity contribution >= 4 is 68.3 Å². The molecule has 0 aromatic heterocycles. The number of carbonyl (C=O) groups is 3. The molecule has 0 unspecified atom stereocenters. The topological polar surface area (TPSA) is 93.1 Å². The largest absolute Gasteiger partial charge is 0.493 e. The van der Waals surface area contributed by atoms with Gasteiger partial charge in [-0.05, 0) is 74.5 Å². The lowest BCUT2D eigenvalue weighted by atomic mass is 10.0. The molecule has 0 radical (unpaired) electrons. The molecule has 0 saturated carbocycles. The number of thioether (sulfide) groups is 1. The van der Waals surface area contributed by atoms with Gasteiger partial charge in [0.15, 0.2) is 18.1 Å². The fourth-order valence-electron chi connectivity index (χ4n) is 3.49. The number of hydrogen-bond acceptors (Lipinski definition) is 6. The second kappa shape index (κ2) is 9.84. The molecule has 3 aromatic carbocycles. The van der Waals surface area contributed by atoms with Crippen molar-refractivity contribution in [1.82, 2.24) is 4.90 Å². The van der Waals surface area contributed by atoms with Crippen LogP contribution < -0.4 is 9.47 Å². The quantitative estimate of drug-likeness (QED) is 0.308. The van der Waals surface area contributed by atoms with E-state index in [1.165, 1.54) is 12.0 Å². The van der Waals surface area contributed by atoms with Gasteiger partial charge in [-0.2, -0.15) is 0 Å². The Hall–Kier alpha value is -3.05. The van der Waals surface area contributed by atoms with Gasteiger partial charge in [-0.3, -0.25) is 14.5 Å². The minimum Gasteiger partial charge on any atom is -0.493 e. The summed E-state index contributed by atoms with van der Waals surface area (Å²) >= 11 is 2.89. The van der Waals surface area contributed by atoms with Crippen LogP contribution in [0, 0.1) is 3.57 Å². The normalized spacial score (nSPS) is 14.8. The van der Waals surface area contributed by atoms with Crippen LogP contribution in [0.15, 0.2) is 59.5 Å². The highest BCUT2D eigenvalue weighted by Gasteiger charge is 2.35. The number of hydrogen-bond donors (Lipinski definition) is 1. The summed E-state index contributed by atoms with van der Waals surface area (Å²) in [6, 6.07) is 17.0. The van der Waals surface area contributed by atoms with Crippen molar-refractivity contribution in [3.05, 3.63) is 74.2 Å². The van der Waals surface area contributed by atoms with Crippen molar-refractivity contribution in [3.63, 3.8) is 0 Å². The summed E-state index contributed by atoms with van der Waals surface area (Å²) in [6.45, 7) is -0.315. The number of carboxylic acid groups (broad SMARTS) is 1. The molecular formula is C24H18INO6S. The second-order valence-electron chi connectivity index (χ2n) is 7.12. The third kappa shape index (κ3) is 4.98. The molecule has 1 aliphatic rings. The second-order valence-corrected chi connectivity index (χ2v) is 9.28. The van der Waals surface area contributed by atoms with Crippen molar-refractivity contribution in [2.75, 3.05) is 13.7 Å². The van der Waals surface area contributed by atoms with E-state index >= 15 is 0 Å². The van der Waals surface area contributed by atoms with Gasteiger partial charge < -0.3 is 14.6 Å². The van der Waals surface area contributed by atoms with Gasteiger partial charge in [-0.1, -0.05) is 42.5 Å². The predicted molar refractivity (Wildman–Crippen MR) is 134 cm³/mol. The average Bonchev–Trinajstić information content (AvgIpc) is 3.05. The van der Waals surface area contributed by atoms with Crippen LogP contribution in [0.2, 0.25) is 0 Å². The van der Waals surface area contributed by atoms with Gasteiger partial charge in [0.2, 0.25) is 0 Å². The first-order valence-corrected chi connectivity index (χ1v) is 11.7. The third-order valence-electron chi connectivity index (χ3n) is 4.97. The molecule has 33 heavy (non-hydrogen) atoms. The van der Waals surface area contributed by atoms with Gasteiger partial charge in [-0.15, -0.1) is 0 Å². The van der Waals surface area contributed by atoms with Crippen LogP contribution in [0.3, 0.4) is 0 Å². The van der Waals surface area contributed by atoms with E-state index in [2.05, 4.69) is 0 Å². The Bertz CT molecular complexity index is 1300. The van der Waals surface area contributed by atoms with Crippen LogP contribution in [0.5, 0.6) is 11.5 Å². The highest BCUT2D eigenvalue weighted by Crippen LogP contribution is 2.38. The lowest BCUT2D eigenvalue weighted by Crippen LogP contribution is -2.27. The van der Waals surface area contributed by atoms with Crippen molar-refractivity contribution in [2.45, 2.75) is 6.54 Å². The Balaban J connectivity index is 1.60. The van der Waals surface area contributed by atoms with E-state index in [4.69, 9.17) is 14.6 Å². The minimum absolute atomic E-state index is 0.187. The highest BCUT2D eigenvalue weighted by atomic mass is 127. The SMILES string of the molecule is COc1cc(/C=C2\SC(=O)N(Cc3cccc4ccccc34)C2=O)cc(I)c1OCC(=O)O. The van der Waals surface area contributed by atoms with E-state index in [-0.39, 0.29) is 17.7 Å². The summed E-state index contributed by atoms with van der Waals surface area (Å²) in [5.74, 6) is -0.819. The maximum absolute atomic E-state index is 13.0. The summed E-state index contributed by atoms with van der Waals surface area (Å²) in [6.07, 6.45) is 1.62. The molecule has 4 rings (SSSR count). The Kier molecular flexibility index (Phi) is 6.89. The number of benzene rings is 3. The van der Waals surface area contributed by atoms with Crippen molar-refractivity contribution < 1.29 is 29.0 Å². The molecular weight excluding hydrogens is 557 g/mol. The van der Waals surface area contributed by atoms with Gasteiger partial charge in [0.05, 0.1) is 22.1 Å². The molecule has 1 saturated heterocycles. The molecule has 0 aliphatic carbocycles. The molecule has 1 aliphatic heterocycles. The van der Waals surface area contributed by atoms with Gasteiger partial charge in [0.1, 0.15) is 0 Å². The highest BCUT2D eigenvalue weighted by molar-refractivity contribution is 14.1. The summed E-state index contributed by atoms with van der Waals surface area (Å²) in [4.78, 5) is 38.1. The first-order chi connectivity index (χ1) is 15.9. The van der Waals surface area contributed by atoms with Crippen LogP contribution in [0.1, 0.15) is 11.1 Å². The number of amides is 2. The lowest BCUT2D eigenvalue weighted by molar-refractivity contribution is -0.139. The number of carbonyl (C=O) groups excluding carboxylic acids is 2. The zero-order chi connectivity index (χ0) is 23.5. The van der Waals surface area contributed by atoms with Gasteiger partial charge in [-0.25, -0.2) is 4.79 Å². The summed E-state index contributed by atoms with van der Waals surface area (Å²) in [5, 5.41) is 10.6. The number of ether oxygens (including phenoxy) is 2. The van der Waals surface area contributed by atoms with E-state index in [1.54, 1.807) is 18.2 Å². The number of methoxy groups -OCH3 is 1. The van der Waals surface area contributed by atoms with Crippen LogP contribution in [-0.2, 0) is 16.1 Å². The number of rotatable bonds is 7. The molecule has 2 amide bonds. The molecule has 9 heteroatoms.